The van der Waals surface area contributed by atoms with Crippen LogP contribution in [0, 0.1) is 5.92 Å². The molecule has 0 bridgehead atoms. The molecule has 106 valence electrons. The molecule has 1 heterocycles. The van der Waals surface area contributed by atoms with Crippen molar-refractivity contribution in [2.75, 3.05) is 27.2 Å². The molecule has 1 fully saturated rings. The van der Waals surface area contributed by atoms with Gasteiger partial charge in [0.15, 0.2) is 0 Å². The molecule has 1 saturated heterocycles. The lowest BCUT2D eigenvalue weighted by molar-refractivity contribution is 0.369. The van der Waals surface area contributed by atoms with E-state index < -0.39 is 0 Å². The average molecular weight is 262 g/mol. The zero-order valence-corrected chi connectivity index (χ0v) is 12.5. The fraction of sp³-hybridized carbons (Fsp3) is 0.625. The maximum Gasteiger partial charge on any atom is 0.123 e. The minimum atomic E-state index is 0.367. The van der Waals surface area contributed by atoms with Gasteiger partial charge in [-0.25, -0.2) is 0 Å². The first-order valence-electron chi connectivity index (χ1n) is 7.23. The highest BCUT2D eigenvalue weighted by atomic mass is 16.5. The van der Waals surface area contributed by atoms with E-state index in [4.69, 9.17) is 4.74 Å². The lowest BCUT2D eigenvalue weighted by Gasteiger charge is -2.25. The first-order valence-corrected chi connectivity index (χ1v) is 7.23. The van der Waals surface area contributed by atoms with Gasteiger partial charge in [0.1, 0.15) is 5.75 Å². The molecule has 3 heteroatoms. The van der Waals surface area contributed by atoms with Gasteiger partial charge in [0.25, 0.3) is 0 Å². The van der Waals surface area contributed by atoms with Crippen LogP contribution in [-0.2, 0) is 0 Å². The standard InChI is InChI=1S/C16H26N2O/c1-11(2)12-5-6-14(15(9-12)19-4)16(17-3)13-7-8-18-10-13/h5-6,9,11,13,16-18H,7-8,10H2,1-4H3. The molecule has 0 aliphatic carbocycles. The van der Waals surface area contributed by atoms with E-state index in [1.54, 1.807) is 7.11 Å². The Kier molecular flexibility index (Phi) is 4.83. The fourth-order valence-electron chi connectivity index (χ4n) is 2.95. The highest BCUT2D eigenvalue weighted by Crippen LogP contribution is 2.34. The van der Waals surface area contributed by atoms with Crippen LogP contribution in [0.5, 0.6) is 5.75 Å². The molecular weight excluding hydrogens is 236 g/mol. The van der Waals surface area contributed by atoms with Crippen molar-refractivity contribution in [1.29, 1.82) is 0 Å². The zero-order valence-electron chi connectivity index (χ0n) is 12.5. The van der Waals surface area contributed by atoms with E-state index in [2.05, 4.69) is 42.7 Å². The number of hydrogen-bond acceptors (Lipinski definition) is 3. The Morgan fingerprint density at radius 2 is 2.16 bits per heavy atom. The van der Waals surface area contributed by atoms with Crippen LogP contribution in [0.25, 0.3) is 0 Å². The van der Waals surface area contributed by atoms with E-state index >= 15 is 0 Å². The molecule has 2 atom stereocenters. The van der Waals surface area contributed by atoms with Gasteiger partial charge in [0.2, 0.25) is 0 Å². The molecule has 1 aliphatic rings. The van der Waals surface area contributed by atoms with E-state index in [-0.39, 0.29) is 0 Å². The molecule has 0 radical (unpaired) electrons. The van der Waals surface area contributed by atoms with Gasteiger partial charge in [0.05, 0.1) is 7.11 Å². The molecule has 2 rings (SSSR count). The van der Waals surface area contributed by atoms with Crippen molar-refractivity contribution < 1.29 is 4.74 Å². The molecule has 0 amide bonds. The second-order valence-electron chi connectivity index (χ2n) is 5.68. The van der Waals surface area contributed by atoms with Crippen molar-refractivity contribution in [3.63, 3.8) is 0 Å². The Bertz CT molecular complexity index is 411. The van der Waals surface area contributed by atoms with Crippen molar-refractivity contribution in [2.24, 2.45) is 5.92 Å². The summed E-state index contributed by atoms with van der Waals surface area (Å²) in [6, 6.07) is 7.02. The van der Waals surface area contributed by atoms with Crippen LogP contribution in [-0.4, -0.2) is 27.2 Å². The largest absolute Gasteiger partial charge is 0.496 e. The van der Waals surface area contributed by atoms with Crippen molar-refractivity contribution in [3.05, 3.63) is 29.3 Å². The van der Waals surface area contributed by atoms with Gasteiger partial charge in [-0.05, 0) is 50.0 Å². The monoisotopic (exact) mass is 262 g/mol. The summed E-state index contributed by atoms with van der Waals surface area (Å²) in [7, 11) is 3.81. The lowest BCUT2D eigenvalue weighted by Crippen LogP contribution is -2.27. The number of rotatable bonds is 5. The Morgan fingerprint density at radius 1 is 1.37 bits per heavy atom. The second-order valence-corrected chi connectivity index (χ2v) is 5.68. The Hall–Kier alpha value is -1.06. The molecule has 1 aromatic carbocycles. The smallest absolute Gasteiger partial charge is 0.123 e. The predicted molar refractivity (Wildman–Crippen MR) is 79.9 cm³/mol. The minimum absolute atomic E-state index is 0.367. The first kappa shape index (κ1) is 14.4. The number of benzene rings is 1. The van der Waals surface area contributed by atoms with Crippen LogP contribution < -0.4 is 15.4 Å². The van der Waals surface area contributed by atoms with Gasteiger partial charge >= 0.3 is 0 Å². The Balaban J connectivity index is 2.30. The van der Waals surface area contributed by atoms with Crippen LogP contribution >= 0.6 is 0 Å². The summed E-state index contributed by atoms with van der Waals surface area (Å²) in [6.07, 6.45) is 1.22. The third kappa shape index (κ3) is 3.10. The zero-order chi connectivity index (χ0) is 13.8. The average Bonchev–Trinajstić information content (AvgIpc) is 2.93. The van der Waals surface area contributed by atoms with E-state index in [1.165, 1.54) is 17.5 Å². The Morgan fingerprint density at radius 3 is 2.68 bits per heavy atom. The number of ether oxygens (including phenoxy) is 1. The first-order chi connectivity index (χ1) is 9.17. The molecule has 0 spiro atoms. The topological polar surface area (TPSA) is 33.3 Å². The Labute approximate surface area is 116 Å². The van der Waals surface area contributed by atoms with Crippen LogP contribution in [0.3, 0.4) is 0 Å². The number of nitrogens with one attached hydrogen (secondary N) is 2. The molecular formula is C16H26N2O. The molecule has 1 aliphatic heterocycles. The van der Waals surface area contributed by atoms with Crippen LogP contribution in [0.4, 0.5) is 0 Å². The lowest BCUT2D eigenvalue weighted by atomic mass is 9.90. The summed E-state index contributed by atoms with van der Waals surface area (Å²) in [6.45, 7) is 6.63. The van der Waals surface area contributed by atoms with Crippen molar-refractivity contribution in [2.45, 2.75) is 32.2 Å². The summed E-state index contributed by atoms with van der Waals surface area (Å²) >= 11 is 0. The van der Waals surface area contributed by atoms with Gasteiger partial charge in [-0.2, -0.15) is 0 Å². The van der Waals surface area contributed by atoms with Gasteiger partial charge in [-0.3, -0.25) is 0 Å². The van der Waals surface area contributed by atoms with Gasteiger partial charge in [-0.1, -0.05) is 26.0 Å². The molecule has 0 saturated carbocycles. The highest BCUT2D eigenvalue weighted by Gasteiger charge is 2.27. The fourth-order valence-corrected chi connectivity index (χ4v) is 2.95. The highest BCUT2D eigenvalue weighted by molar-refractivity contribution is 5.41. The molecule has 1 aromatic rings. The van der Waals surface area contributed by atoms with Crippen molar-refractivity contribution in [3.8, 4) is 5.75 Å². The summed E-state index contributed by atoms with van der Waals surface area (Å²) in [4.78, 5) is 0. The predicted octanol–water partition coefficient (Wildman–Crippen LogP) is 2.69. The second kappa shape index (κ2) is 6.40. The van der Waals surface area contributed by atoms with E-state index in [0.29, 0.717) is 17.9 Å². The van der Waals surface area contributed by atoms with Gasteiger partial charge in [-0.15, -0.1) is 0 Å². The SMILES string of the molecule is CNC(c1ccc(C(C)C)cc1OC)C1CCNC1. The van der Waals surface area contributed by atoms with Crippen LogP contribution in [0.2, 0.25) is 0 Å². The summed E-state index contributed by atoms with van der Waals surface area (Å²) in [5, 5.41) is 6.91. The summed E-state index contributed by atoms with van der Waals surface area (Å²) in [5.41, 5.74) is 2.61. The van der Waals surface area contributed by atoms with Crippen LogP contribution in [0.1, 0.15) is 43.4 Å². The maximum absolute atomic E-state index is 5.62. The molecule has 3 nitrogen and oxygen atoms in total. The summed E-state index contributed by atoms with van der Waals surface area (Å²) in [5.74, 6) is 2.19. The quantitative estimate of drug-likeness (QED) is 0.856. The molecule has 2 unspecified atom stereocenters. The number of methoxy groups -OCH3 is 1. The summed E-state index contributed by atoms with van der Waals surface area (Å²) < 4.78 is 5.62. The van der Waals surface area contributed by atoms with E-state index in [1.807, 2.05) is 7.05 Å². The molecule has 2 N–H and O–H groups in total. The van der Waals surface area contributed by atoms with Crippen LogP contribution in [0.15, 0.2) is 18.2 Å². The normalized spacial score (nSPS) is 20.8. The molecule has 19 heavy (non-hydrogen) atoms. The van der Waals surface area contributed by atoms with Gasteiger partial charge < -0.3 is 15.4 Å². The van der Waals surface area contributed by atoms with E-state index in [9.17, 15) is 0 Å². The van der Waals surface area contributed by atoms with Gasteiger partial charge in [0, 0.05) is 11.6 Å². The maximum atomic E-state index is 5.62. The van der Waals surface area contributed by atoms with Crippen molar-refractivity contribution in [1.82, 2.24) is 10.6 Å². The molecule has 0 aromatic heterocycles. The third-order valence-corrected chi connectivity index (χ3v) is 4.14. The number of hydrogen-bond donors (Lipinski definition) is 2. The van der Waals surface area contributed by atoms with Crippen molar-refractivity contribution >= 4 is 0 Å². The van der Waals surface area contributed by atoms with E-state index in [0.717, 1.165) is 18.8 Å². The third-order valence-electron chi connectivity index (χ3n) is 4.14. The minimum Gasteiger partial charge on any atom is -0.496 e.